The van der Waals surface area contributed by atoms with Crippen LogP contribution in [0.25, 0.3) is 11.4 Å². The molecule has 3 atom stereocenters. The van der Waals surface area contributed by atoms with Gasteiger partial charge in [-0.15, -0.1) is 0 Å². The molecule has 4 amide bonds. The van der Waals surface area contributed by atoms with Crippen LogP contribution in [-0.4, -0.2) is 59.0 Å². The Balaban J connectivity index is 1.71. The number of nitrogens with zero attached hydrogens (tertiary/aromatic N) is 3. The average molecular weight is 483 g/mol. The quantitative estimate of drug-likeness (QED) is 0.463. The summed E-state index contributed by atoms with van der Waals surface area (Å²) in [7, 11) is 0. The van der Waals surface area contributed by atoms with Crippen molar-refractivity contribution in [1.82, 2.24) is 20.8 Å². The number of imide groups is 2. The molecule has 2 fully saturated rings. The summed E-state index contributed by atoms with van der Waals surface area (Å²) in [4.78, 5) is 43.1. The number of fused-ring (bicyclic) bond motifs is 4. The lowest BCUT2D eigenvalue weighted by molar-refractivity contribution is -0.242. The lowest BCUT2D eigenvalue weighted by atomic mass is 9.66. The topological polar surface area (TPSA) is 127 Å². The second-order valence-corrected chi connectivity index (χ2v) is 8.45. The highest BCUT2D eigenvalue weighted by molar-refractivity contribution is 6.20. The lowest BCUT2D eigenvalue weighted by Crippen LogP contribution is -2.76. The van der Waals surface area contributed by atoms with Gasteiger partial charge in [0.05, 0.1) is 24.3 Å². The van der Waals surface area contributed by atoms with Crippen molar-refractivity contribution in [3.05, 3.63) is 29.4 Å². The Morgan fingerprint density at radius 1 is 1.18 bits per heavy atom. The maximum atomic E-state index is 15.1. The predicted octanol–water partition coefficient (Wildman–Crippen LogP) is 1.62. The van der Waals surface area contributed by atoms with Gasteiger partial charge >= 0.3 is 12.2 Å². The van der Waals surface area contributed by atoms with Crippen LogP contribution in [0.2, 0.25) is 0 Å². The summed E-state index contributed by atoms with van der Waals surface area (Å²) in [5.74, 6) is -2.74. The van der Waals surface area contributed by atoms with Gasteiger partial charge in [0.15, 0.2) is 11.5 Å². The molecule has 1 aromatic heterocycles. The zero-order valence-corrected chi connectivity index (χ0v) is 17.7. The van der Waals surface area contributed by atoms with Gasteiger partial charge in [0.25, 0.3) is 0 Å². The Morgan fingerprint density at radius 2 is 1.85 bits per heavy atom. The van der Waals surface area contributed by atoms with E-state index in [9.17, 15) is 27.6 Å². The number of barbiturate groups is 1. The number of anilines is 1. The van der Waals surface area contributed by atoms with Crippen LogP contribution in [0.5, 0.6) is 0 Å². The molecule has 34 heavy (non-hydrogen) atoms. The average Bonchev–Trinajstić information content (AvgIpc) is 3.16. The van der Waals surface area contributed by atoms with E-state index in [1.54, 1.807) is 0 Å². The first kappa shape index (κ1) is 22.3. The van der Waals surface area contributed by atoms with E-state index in [0.717, 1.165) is 11.0 Å². The number of urea groups is 1. The largest absolute Gasteiger partial charge is 0.416 e. The van der Waals surface area contributed by atoms with Crippen molar-refractivity contribution in [3.8, 4) is 11.4 Å². The number of hydrogen-bond donors (Lipinski definition) is 2. The molecule has 5 rings (SSSR count). The van der Waals surface area contributed by atoms with Gasteiger partial charge in [-0.25, -0.2) is 9.18 Å². The van der Waals surface area contributed by atoms with Crippen molar-refractivity contribution in [3.63, 3.8) is 0 Å². The van der Waals surface area contributed by atoms with Gasteiger partial charge in [-0.3, -0.25) is 20.2 Å². The molecule has 0 bridgehead atoms. The molecule has 1 spiro atoms. The zero-order valence-electron chi connectivity index (χ0n) is 17.7. The number of carbonyl (C=O) groups excluding carboxylic acids is 3. The van der Waals surface area contributed by atoms with Crippen LogP contribution >= 0.6 is 0 Å². The van der Waals surface area contributed by atoms with Gasteiger partial charge in [0.2, 0.25) is 23.5 Å². The number of rotatable bonds is 1. The second-order valence-electron chi connectivity index (χ2n) is 8.45. The maximum absolute atomic E-state index is 15.1. The molecule has 0 saturated carbocycles. The van der Waals surface area contributed by atoms with Crippen molar-refractivity contribution in [2.45, 2.75) is 44.7 Å². The summed E-state index contributed by atoms with van der Waals surface area (Å²) in [6.07, 6.45) is -8.61. The van der Waals surface area contributed by atoms with Crippen LogP contribution in [0, 0.1) is 18.2 Å². The molecule has 10 nitrogen and oxygen atoms in total. The Hall–Kier alpha value is -3.55. The van der Waals surface area contributed by atoms with Gasteiger partial charge in [-0.1, -0.05) is 5.16 Å². The molecule has 14 heteroatoms. The van der Waals surface area contributed by atoms with E-state index < -0.39 is 60.0 Å². The second kappa shape index (κ2) is 7.22. The number of aromatic nitrogens is 2. The van der Waals surface area contributed by atoms with Gasteiger partial charge in [0, 0.05) is 12.6 Å². The summed E-state index contributed by atoms with van der Waals surface area (Å²) in [6.45, 7) is 2.00. The van der Waals surface area contributed by atoms with Crippen LogP contribution in [-0.2, 0) is 20.7 Å². The number of halogens is 4. The van der Waals surface area contributed by atoms with Gasteiger partial charge in [-0.05, 0) is 31.0 Å². The van der Waals surface area contributed by atoms with Gasteiger partial charge in [-0.2, -0.15) is 18.2 Å². The highest BCUT2D eigenvalue weighted by Gasteiger charge is 2.64. The third-order valence-corrected chi connectivity index (χ3v) is 6.37. The van der Waals surface area contributed by atoms with Crippen LogP contribution in [0.4, 0.5) is 28.0 Å². The van der Waals surface area contributed by atoms with Crippen molar-refractivity contribution in [2.24, 2.45) is 5.41 Å². The SMILES string of the molecule is Cc1nc(-c2cc3c(cc2F)N2C[C@@H](C(F)(F)F)O[C@@H](C)[C@@H]2C2(C3)C(=O)NC(=O)NC2=O)no1. The number of nitrogens with one attached hydrogen (secondary N) is 2. The summed E-state index contributed by atoms with van der Waals surface area (Å²) in [5, 5.41) is 7.72. The van der Waals surface area contributed by atoms with Gasteiger partial charge in [0.1, 0.15) is 5.82 Å². The minimum atomic E-state index is -4.75. The van der Waals surface area contributed by atoms with Crippen LogP contribution in [0.3, 0.4) is 0 Å². The zero-order chi connectivity index (χ0) is 24.6. The van der Waals surface area contributed by atoms with Crippen LogP contribution in [0.15, 0.2) is 16.7 Å². The molecule has 2 aromatic rings. The first-order valence-electron chi connectivity index (χ1n) is 10.2. The fourth-order valence-electron chi connectivity index (χ4n) is 5.01. The van der Waals surface area contributed by atoms with E-state index in [4.69, 9.17) is 9.26 Å². The Labute approximate surface area is 188 Å². The summed E-state index contributed by atoms with van der Waals surface area (Å²) in [5.41, 5.74) is -1.87. The molecule has 3 aliphatic heterocycles. The van der Waals surface area contributed by atoms with Crippen molar-refractivity contribution in [1.29, 1.82) is 0 Å². The smallest absolute Gasteiger partial charge is 0.362 e. The fourth-order valence-corrected chi connectivity index (χ4v) is 5.01. The number of ether oxygens (including phenoxy) is 1. The normalized spacial score (nSPS) is 26.1. The molecule has 4 heterocycles. The van der Waals surface area contributed by atoms with E-state index in [2.05, 4.69) is 10.1 Å². The summed E-state index contributed by atoms with van der Waals surface area (Å²) in [6, 6.07) is -0.0000472. The summed E-state index contributed by atoms with van der Waals surface area (Å²) >= 11 is 0. The van der Waals surface area contributed by atoms with E-state index >= 15 is 4.39 Å². The highest BCUT2D eigenvalue weighted by Crippen LogP contribution is 2.49. The number of morpholine rings is 1. The van der Waals surface area contributed by atoms with Crippen molar-refractivity contribution >= 4 is 23.5 Å². The Kier molecular flexibility index (Phi) is 4.73. The molecular formula is C20H17F4N5O5. The molecule has 0 unspecified atom stereocenters. The fraction of sp³-hybridized carbons (Fsp3) is 0.450. The van der Waals surface area contributed by atoms with Crippen molar-refractivity contribution in [2.75, 3.05) is 11.4 Å². The Morgan fingerprint density at radius 3 is 2.44 bits per heavy atom. The number of hydrogen-bond acceptors (Lipinski definition) is 8. The molecule has 2 N–H and O–H groups in total. The molecule has 1 aromatic carbocycles. The lowest BCUT2D eigenvalue weighted by Gasteiger charge is -2.55. The number of benzene rings is 1. The third-order valence-electron chi connectivity index (χ3n) is 6.37. The molecule has 2 saturated heterocycles. The first-order chi connectivity index (χ1) is 15.9. The number of alkyl halides is 3. The molecule has 0 aliphatic carbocycles. The predicted molar refractivity (Wildman–Crippen MR) is 104 cm³/mol. The third kappa shape index (κ3) is 3.15. The van der Waals surface area contributed by atoms with E-state index in [1.165, 1.54) is 19.9 Å². The molecule has 0 radical (unpaired) electrons. The molecule has 180 valence electrons. The Bertz CT molecular complexity index is 1210. The number of amides is 4. The standard InChI is InChI=1S/C20H17F4N5O5/c1-7-14-19(16(30)26-18(32)27-17(19)31)5-9-3-10(15-25-8(2)34-28-15)11(21)4-12(9)29(14)6-13(33-7)20(22,23)24/h3-4,7,13-14H,5-6H2,1-2H3,(H2,26,27,30,31,32)/t7-,13-,14+/m0/s1. The number of aryl methyl sites for hydroxylation is 1. The van der Waals surface area contributed by atoms with E-state index in [1.807, 2.05) is 10.6 Å². The summed E-state index contributed by atoms with van der Waals surface area (Å²) < 4.78 is 65.9. The van der Waals surface area contributed by atoms with Crippen LogP contribution < -0.4 is 15.5 Å². The van der Waals surface area contributed by atoms with Gasteiger partial charge < -0.3 is 14.2 Å². The van der Waals surface area contributed by atoms with Crippen LogP contribution in [0.1, 0.15) is 18.4 Å². The highest BCUT2D eigenvalue weighted by atomic mass is 19.4. The minimum absolute atomic E-state index is 0.0685. The number of carbonyl (C=O) groups is 3. The molecular weight excluding hydrogens is 466 g/mol. The van der Waals surface area contributed by atoms with E-state index in [-0.39, 0.29) is 35.0 Å². The monoisotopic (exact) mass is 483 g/mol. The first-order valence-corrected chi connectivity index (χ1v) is 10.2. The molecule has 3 aliphatic rings. The minimum Gasteiger partial charge on any atom is -0.362 e. The maximum Gasteiger partial charge on any atom is 0.416 e. The van der Waals surface area contributed by atoms with Crippen molar-refractivity contribution < 1.29 is 41.2 Å². The van der Waals surface area contributed by atoms with E-state index in [0.29, 0.717) is 0 Å².